The van der Waals surface area contributed by atoms with Crippen molar-refractivity contribution in [2.75, 3.05) is 6.61 Å². The number of ether oxygens (including phenoxy) is 1. The number of nitrogens with one attached hydrogen (secondary N) is 2. The van der Waals surface area contributed by atoms with E-state index >= 15 is 0 Å². The monoisotopic (exact) mass is 586 g/mol. The van der Waals surface area contributed by atoms with Gasteiger partial charge in [0.25, 0.3) is 11.8 Å². The molecule has 5 heteroatoms. The molecule has 0 unspecified atom stereocenters. The van der Waals surface area contributed by atoms with Crippen LogP contribution in [0.15, 0.2) is 60.7 Å². The van der Waals surface area contributed by atoms with Gasteiger partial charge in [-0.1, -0.05) is 128 Å². The molecule has 0 aliphatic rings. The van der Waals surface area contributed by atoms with Crippen LogP contribution in [0.5, 0.6) is 5.75 Å². The fraction of sp³-hybridized carbons (Fsp3) is 0.526. The summed E-state index contributed by atoms with van der Waals surface area (Å²) in [6, 6.07) is 19.1. The summed E-state index contributed by atoms with van der Waals surface area (Å²) >= 11 is 0. The maximum absolute atomic E-state index is 12.7. The summed E-state index contributed by atoms with van der Waals surface area (Å²) in [4.78, 5) is 25.3. The molecule has 0 aliphatic carbocycles. The molecule has 3 aromatic carbocycles. The number of hydrogen-bond donors (Lipinski definition) is 2. The van der Waals surface area contributed by atoms with Crippen molar-refractivity contribution in [2.45, 2.75) is 123 Å². The Morgan fingerprint density at radius 3 is 1.65 bits per heavy atom. The third-order valence-electron chi connectivity index (χ3n) is 8.17. The summed E-state index contributed by atoms with van der Waals surface area (Å²) in [7, 11) is 0. The van der Waals surface area contributed by atoms with Crippen LogP contribution < -0.4 is 15.6 Å². The van der Waals surface area contributed by atoms with Crippen LogP contribution in [-0.2, 0) is 6.42 Å². The summed E-state index contributed by atoms with van der Waals surface area (Å²) in [6.45, 7) is 5.23. The number of rotatable bonds is 21. The number of unbranched alkanes of at least 4 members (excludes halogenated alkanes) is 14. The van der Waals surface area contributed by atoms with Gasteiger partial charge in [0, 0.05) is 11.1 Å². The van der Waals surface area contributed by atoms with Gasteiger partial charge >= 0.3 is 0 Å². The first-order valence-electron chi connectivity index (χ1n) is 17.0. The normalized spacial score (nSPS) is 11.0. The Bertz CT molecular complexity index is 1220. The molecule has 3 aromatic rings. The number of amides is 2. The molecule has 43 heavy (non-hydrogen) atoms. The molecule has 0 bridgehead atoms. The Labute approximate surface area is 260 Å². The summed E-state index contributed by atoms with van der Waals surface area (Å²) in [5.74, 6) is 0.173. The van der Waals surface area contributed by atoms with E-state index in [4.69, 9.17) is 4.74 Å². The Balaban J connectivity index is 1.35. The summed E-state index contributed by atoms with van der Waals surface area (Å²) < 4.78 is 5.97. The lowest BCUT2D eigenvalue weighted by Crippen LogP contribution is -2.41. The molecular weight excluding hydrogens is 532 g/mol. The van der Waals surface area contributed by atoms with Gasteiger partial charge in [-0.3, -0.25) is 20.4 Å². The van der Waals surface area contributed by atoms with E-state index in [1.54, 1.807) is 6.07 Å². The zero-order chi connectivity index (χ0) is 30.5. The van der Waals surface area contributed by atoms with Crippen molar-refractivity contribution in [1.29, 1.82) is 0 Å². The summed E-state index contributed by atoms with van der Waals surface area (Å²) in [5, 5.41) is 1.96. The first-order valence-corrected chi connectivity index (χ1v) is 17.0. The highest BCUT2D eigenvalue weighted by Crippen LogP contribution is 2.23. The maximum atomic E-state index is 12.7. The largest absolute Gasteiger partial charge is 0.494 e. The molecule has 0 spiro atoms. The van der Waals surface area contributed by atoms with Crippen LogP contribution >= 0.6 is 0 Å². The second-order valence-corrected chi connectivity index (χ2v) is 11.9. The van der Waals surface area contributed by atoms with E-state index in [-0.39, 0.29) is 11.8 Å². The van der Waals surface area contributed by atoms with Gasteiger partial charge in [0.1, 0.15) is 5.75 Å². The van der Waals surface area contributed by atoms with E-state index in [0.29, 0.717) is 11.1 Å². The van der Waals surface area contributed by atoms with Gasteiger partial charge in [-0.2, -0.15) is 0 Å². The van der Waals surface area contributed by atoms with E-state index < -0.39 is 0 Å². The molecule has 234 valence electrons. The molecule has 0 radical (unpaired) electrons. The lowest BCUT2D eigenvalue weighted by molar-refractivity contribution is 0.0847. The van der Waals surface area contributed by atoms with E-state index in [0.717, 1.165) is 36.0 Å². The van der Waals surface area contributed by atoms with Crippen LogP contribution in [0.4, 0.5) is 0 Å². The Hall–Kier alpha value is -3.34. The first-order chi connectivity index (χ1) is 21.1. The third-order valence-corrected chi connectivity index (χ3v) is 8.17. The predicted octanol–water partition coefficient (Wildman–Crippen LogP) is 10.1. The lowest BCUT2D eigenvalue weighted by Gasteiger charge is -2.10. The topological polar surface area (TPSA) is 67.4 Å². The van der Waals surface area contributed by atoms with Crippen LogP contribution in [-0.4, -0.2) is 18.4 Å². The standard InChI is InChI=1S/C38H54N2O3/c1-3-5-7-9-11-13-15-17-19-31-20-22-32(23-21-31)37(41)39-40-38(42)35-25-24-34-30-36(27-26-33(34)29-35)43-28-18-16-14-12-10-8-6-4-2/h20-27,29-30H,3-19,28H2,1-2H3,(H,39,41)(H,40,42). The number of hydrogen-bond acceptors (Lipinski definition) is 3. The van der Waals surface area contributed by atoms with Crippen molar-refractivity contribution in [3.8, 4) is 5.75 Å². The van der Waals surface area contributed by atoms with Crippen molar-refractivity contribution in [1.82, 2.24) is 10.9 Å². The van der Waals surface area contributed by atoms with Crippen LogP contribution in [0, 0.1) is 0 Å². The fourth-order valence-corrected chi connectivity index (χ4v) is 5.42. The van der Waals surface area contributed by atoms with E-state index in [2.05, 4.69) is 24.7 Å². The highest BCUT2D eigenvalue weighted by atomic mass is 16.5. The van der Waals surface area contributed by atoms with Crippen LogP contribution in [0.2, 0.25) is 0 Å². The van der Waals surface area contributed by atoms with Crippen molar-refractivity contribution < 1.29 is 14.3 Å². The van der Waals surface area contributed by atoms with Crippen molar-refractivity contribution in [3.05, 3.63) is 77.4 Å². The number of carbonyl (C=O) groups is 2. The Morgan fingerprint density at radius 1 is 0.535 bits per heavy atom. The van der Waals surface area contributed by atoms with Crippen molar-refractivity contribution in [3.63, 3.8) is 0 Å². The molecule has 0 aliphatic heterocycles. The highest BCUT2D eigenvalue weighted by Gasteiger charge is 2.10. The number of hydrazine groups is 1. The van der Waals surface area contributed by atoms with Gasteiger partial charge in [-0.15, -0.1) is 0 Å². The highest BCUT2D eigenvalue weighted by molar-refractivity contribution is 6.01. The molecule has 0 saturated carbocycles. The number of carbonyl (C=O) groups excluding carboxylic acids is 2. The molecule has 5 nitrogen and oxygen atoms in total. The lowest BCUT2D eigenvalue weighted by atomic mass is 10.0. The average Bonchev–Trinajstić information content (AvgIpc) is 3.04. The molecule has 0 fully saturated rings. The SMILES string of the molecule is CCCCCCCCCCOc1ccc2cc(C(=O)NNC(=O)c3ccc(CCCCCCCCCC)cc3)ccc2c1. The molecule has 2 amide bonds. The third kappa shape index (κ3) is 13.2. The molecule has 0 aromatic heterocycles. The second-order valence-electron chi connectivity index (χ2n) is 11.9. The Kier molecular flexibility index (Phi) is 16.3. The zero-order valence-electron chi connectivity index (χ0n) is 26.7. The molecule has 0 saturated heterocycles. The van der Waals surface area contributed by atoms with Gasteiger partial charge in [0.2, 0.25) is 0 Å². The predicted molar refractivity (Wildman–Crippen MR) is 180 cm³/mol. The number of fused-ring (bicyclic) bond motifs is 1. The van der Waals surface area contributed by atoms with Crippen molar-refractivity contribution in [2.24, 2.45) is 0 Å². The minimum absolute atomic E-state index is 0.328. The number of benzene rings is 3. The van der Waals surface area contributed by atoms with E-state index in [1.165, 1.54) is 102 Å². The molecule has 2 N–H and O–H groups in total. The molecule has 0 heterocycles. The van der Waals surface area contributed by atoms with Crippen LogP contribution in [0.25, 0.3) is 10.8 Å². The van der Waals surface area contributed by atoms with E-state index in [9.17, 15) is 9.59 Å². The smallest absolute Gasteiger partial charge is 0.269 e. The quantitative estimate of drug-likeness (QED) is 0.0964. The average molecular weight is 587 g/mol. The zero-order valence-corrected chi connectivity index (χ0v) is 26.7. The Morgan fingerprint density at radius 2 is 1.02 bits per heavy atom. The summed E-state index contributed by atoms with van der Waals surface area (Å²) in [5.41, 5.74) is 7.35. The van der Waals surface area contributed by atoms with Crippen molar-refractivity contribution >= 4 is 22.6 Å². The van der Waals surface area contributed by atoms with Gasteiger partial charge < -0.3 is 4.74 Å². The fourth-order valence-electron chi connectivity index (χ4n) is 5.42. The molecule has 0 atom stereocenters. The van der Waals surface area contributed by atoms with Crippen LogP contribution in [0.3, 0.4) is 0 Å². The van der Waals surface area contributed by atoms with Gasteiger partial charge in [-0.25, -0.2) is 0 Å². The molecule has 3 rings (SSSR count). The van der Waals surface area contributed by atoms with Gasteiger partial charge in [0.05, 0.1) is 6.61 Å². The minimum Gasteiger partial charge on any atom is -0.494 e. The van der Waals surface area contributed by atoms with Gasteiger partial charge in [-0.05, 0) is 72.0 Å². The van der Waals surface area contributed by atoms with Crippen LogP contribution in [0.1, 0.15) is 143 Å². The van der Waals surface area contributed by atoms with E-state index in [1.807, 2.05) is 54.6 Å². The minimum atomic E-state index is -0.350. The first kappa shape index (κ1) is 34.2. The molecular formula is C38H54N2O3. The number of aryl methyl sites for hydroxylation is 1. The maximum Gasteiger partial charge on any atom is 0.269 e. The summed E-state index contributed by atoms with van der Waals surface area (Å²) in [6.07, 6.45) is 21.7. The second kappa shape index (κ2) is 20.5. The van der Waals surface area contributed by atoms with Gasteiger partial charge in [0.15, 0.2) is 0 Å².